The minimum absolute atomic E-state index is 0.217. The molecule has 1 aromatic rings. The number of ether oxygens (including phenoxy) is 1. The van der Waals surface area contributed by atoms with E-state index in [0.717, 1.165) is 23.0 Å². The van der Waals surface area contributed by atoms with Gasteiger partial charge in [-0.15, -0.1) is 0 Å². The molecule has 0 bridgehead atoms. The summed E-state index contributed by atoms with van der Waals surface area (Å²) >= 11 is 3.36. The lowest BCUT2D eigenvalue weighted by Gasteiger charge is -2.15. The first-order valence-electron chi connectivity index (χ1n) is 6.92. The van der Waals surface area contributed by atoms with Crippen molar-refractivity contribution in [2.75, 3.05) is 0 Å². The zero-order chi connectivity index (χ0) is 14.4. The molecular formula is C15H19BrN2O2. The Kier molecular flexibility index (Phi) is 5.59. The molecule has 0 aliphatic heterocycles. The molecule has 1 saturated carbocycles. The van der Waals surface area contributed by atoms with Crippen molar-refractivity contribution >= 4 is 27.5 Å². The fourth-order valence-electron chi connectivity index (χ4n) is 2.07. The van der Waals surface area contributed by atoms with Gasteiger partial charge in [0.25, 0.3) is 5.91 Å². The van der Waals surface area contributed by atoms with E-state index in [4.69, 9.17) is 4.74 Å². The molecule has 0 radical (unpaired) electrons. The number of nitrogens with one attached hydrogen (secondary N) is 1. The summed E-state index contributed by atoms with van der Waals surface area (Å²) in [5.74, 6) is 0.451. The number of halogens is 1. The van der Waals surface area contributed by atoms with Gasteiger partial charge in [0.2, 0.25) is 0 Å². The summed E-state index contributed by atoms with van der Waals surface area (Å²) in [6.07, 6.45) is 5.00. The van der Waals surface area contributed by atoms with Crippen LogP contribution in [0.1, 0.15) is 39.0 Å². The fraction of sp³-hybridized carbons (Fsp3) is 0.467. The minimum Gasteiger partial charge on any atom is -0.481 e. The molecule has 0 saturated heterocycles. The zero-order valence-corrected chi connectivity index (χ0v) is 13.1. The monoisotopic (exact) mass is 338 g/mol. The highest BCUT2D eigenvalue weighted by Gasteiger charge is 2.15. The lowest BCUT2D eigenvalue weighted by atomic mass is 9.99. The summed E-state index contributed by atoms with van der Waals surface area (Å²) in [7, 11) is 0. The first kappa shape index (κ1) is 15.0. The molecule has 108 valence electrons. The maximum atomic E-state index is 11.9. The molecule has 0 unspecified atom stereocenters. The van der Waals surface area contributed by atoms with Crippen molar-refractivity contribution in [1.82, 2.24) is 5.43 Å². The van der Waals surface area contributed by atoms with Gasteiger partial charge >= 0.3 is 0 Å². The first-order valence-corrected chi connectivity index (χ1v) is 7.72. The predicted octanol–water partition coefficient (Wildman–Crippen LogP) is 3.65. The Morgan fingerprint density at radius 3 is 2.55 bits per heavy atom. The van der Waals surface area contributed by atoms with Crippen LogP contribution < -0.4 is 10.2 Å². The van der Waals surface area contributed by atoms with Crippen molar-refractivity contribution in [2.45, 2.75) is 45.1 Å². The molecule has 5 heteroatoms. The van der Waals surface area contributed by atoms with E-state index in [0.29, 0.717) is 5.75 Å². The normalized spacial score (nSPS) is 16.4. The van der Waals surface area contributed by atoms with E-state index in [-0.39, 0.29) is 5.91 Å². The first-order chi connectivity index (χ1) is 9.65. The van der Waals surface area contributed by atoms with Crippen molar-refractivity contribution in [1.29, 1.82) is 0 Å². The van der Waals surface area contributed by atoms with E-state index >= 15 is 0 Å². The van der Waals surface area contributed by atoms with Crippen LogP contribution in [0.5, 0.6) is 5.75 Å². The summed E-state index contributed by atoms with van der Waals surface area (Å²) in [6, 6.07) is 7.40. The Morgan fingerprint density at radius 1 is 1.25 bits per heavy atom. The minimum atomic E-state index is -0.566. The summed E-state index contributed by atoms with van der Waals surface area (Å²) in [4.78, 5) is 11.9. The second kappa shape index (κ2) is 7.43. The summed E-state index contributed by atoms with van der Waals surface area (Å²) in [5.41, 5.74) is 3.68. The zero-order valence-electron chi connectivity index (χ0n) is 11.6. The number of rotatable bonds is 4. The maximum absolute atomic E-state index is 11.9. The topological polar surface area (TPSA) is 50.7 Å². The highest BCUT2D eigenvalue weighted by Crippen LogP contribution is 2.17. The Labute approximate surface area is 127 Å². The van der Waals surface area contributed by atoms with Gasteiger partial charge < -0.3 is 4.74 Å². The lowest BCUT2D eigenvalue weighted by Crippen LogP contribution is -2.34. The summed E-state index contributed by atoms with van der Waals surface area (Å²) < 4.78 is 6.55. The molecular weight excluding hydrogens is 320 g/mol. The molecule has 4 nitrogen and oxygen atoms in total. The van der Waals surface area contributed by atoms with Crippen molar-refractivity contribution in [2.24, 2.45) is 5.10 Å². The average molecular weight is 339 g/mol. The summed E-state index contributed by atoms with van der Waals surface area (Å²) in [5, 5.41) is 4.19. The third kappa shape index (κ3) is 4.63. The van der Waals surface area contributed by atoms with Gasteiger partial charge in [-0.1, -0.05) is 22.4 Å². The SMILES string of the molecule is C[C@H](Oc1ccc(Br)cc1)C(=O)NN=C1CCCCC1. The van der Waals surface area contributed by atoms with Crippen LogP contribution in [-0.2, 0) is 4.79 Å². The van der Waals surface area contributed by atoms with Crippen molar-refractivity contribution in [3.8, 4) is 5.75 Å². The van der Waals surface area contributed by atoms with E-state index in [1.54, 1.807) is 6.92 Å². The molecule has 1 aliphatic rings. The second-order valence-electron chi connectivity index (χ2n) is 4.93. The van der Waals surface area contributed by atoms with Gasteiger partial charge in [-0.2, -0.15) is 5.10 Å². The number of carbonyl (C=O) groups is 1. The highest BCUT2D eigenvalue weighted by atomic mass is 79.9. The van der Waals surface area contributed by atoms with E-state index in [9.17, 15) is 4.79 Å². The Hall–Kier alpha value is -1.36. The van der Waals surface area contributed by atoms with Crippen LogP contribution in [0.4, 0.5) is 0 Å². The standard InChI is InChI=1S/C15H19BrN2O2/c1-11(20-14-9-7-12(16)8-10-14)15(19)18-17-13-5-3-2-4-6-13/h7-11H,2-6H2,1H3,(H,18,19)/t11-/m0/s1. The number of amides is 1. The van der Waals surface area contributed by atoms with E-state index < -0.39 is 6.10 Å². The van der Waals surface area contributed by atoms with Crippen LogP contribution in [-0.4, -0.2) is 17.7 Å². The average Bonchev–Trinajstić information content (AvgIpc) is 2.48. The largest absolute Gasteiger partial charge is 0.481 e. The highest BCUT2D eigenvalue weighted by molar-refractivity contribution is 9.10. The van der Waals surface area contributed by atoms with Crippen LogP contribution in [0.2, 0.25) is 0 Å². The van der Waals surface area contributed by atoms with Crippen LogP contribution in [0.15, 0.2) is 33.8 Å². The summed E-state index contributed by atoms with van der Waals surface area (Å²) in [6.45, 7) is 1.72. The van der Waals surface area contributed by atoms with E-state index in [1.165, 1.54) is 19.3 Å². The Morgan fingerprint density at radius 2 is 1.90 bits per heavy atom. The Bertz CT molecular complexity index is 477. The molecule has 0 aromatic heterocycles. The number of hydrazone groups is 1. The fourth-order valence-corrected chi connectivity index (χ4v) is 2.33. The van der Waals surface area contributed by atoms with Crippen molar-refractivity contribution in [3.63, 3.8) is 0 Å². The maximum Gasteiger partial charge on any atom is 0.280 e. The molecule has 1 aliphatic carbocycles. The molecule has 0 heterocycles. The molecule has 20 heavy (non-hydrogen) atoms. The van der Waals surface area contributed by atoms with Gasteiger partial charge in [0.1, 0.15) is 5.75 Å². The van der Waals surface area contributed by atoms with Gasteiger partial charge in [0.05, 0.1) is 0 Å². The third-order valence-electron chi connectivity index (χ3n) is 3.25. The van der Waals surface area contributed by atoms with Crippen LogP contribution >= 0.6 is 15.9 Å². The number of hydrogen-bond acceptors (Lipinski definition) is 3. The van der Waals surface area contributed by atoms with Gasteiger partial charge in [-0.3, -0.25) is 4.79 Å². The number of benzene rings is 1. The van der Waals surface area contributed by atoms with E-state index in [1.807, 2.05) is 24.3 Å². The Balaban J connectivity index is 1.83. The van der Waals surface area contributed by atoms with Crippen LogP contribution in [0, 0.1) is 0 Å². The molecule has 1 fully saturated rings. The molecule has 2 rings (SSSR count). The van der Waals surface area contributed by atoms with Gasteiger partial charge in [0, 0.05) is 10.2 Å². The van der Waals surface area contributed by atoms with Crippen molar-refractivity contribution < 1.29 is 9.53 Å². The molecule has 1 atom stereocenters. The smallest absolute Gasteiger partial charge is 0.280 e. The number of hydrogen-bond donors (Lipinski definition) is 1. The van der Waals surface area contributed by atoms with Gasteiger partial charge in [-0.05, 0) is 56.9 Å². The van der Waals surface area contributed by atoms with Gasteiger partial charge in [-0.25, -0.2) is 5.43 Å². The second-order valence-corrected chi connectivity index (χ2v) is 5.84. The lowest BCUT2D eigenvalue weighted by molar-refractivity contribution is -0.127. The molecule has 1 aromatic carbocycles. The van der Waals surface area contributed by atoms with E-state index in [2.05, 4.69) is 26.5 Å². The van der Waals surface area contributed by atoms with Crippen molar-refractivity contribution in [3.05, 3.63) is 28.7 Å². The molecule has 0 spiro atoms. The van der Waals surface area contributed by atoms with Crippen LogP contribution in [0.25, 0.3) is 0 Å². The third-order valence-corrected chi connectivity index (χ3v) is 3.78. The number of nitrogens with zero attached hydrogens (tertiary/aromatic N) is 1. The van der Waals surface area contributed by atoms with Gasteiger partial charge in [0.15, 0.2) is 6.10 Å². The predicted molar refractivity (Wildman–Crippen MR) is 82.9 cm³/mol. The van der Waals surface area contributed by atoms with Crippen LogP contribution in [0.3, 0.4) is 0 Å². The number of carbonyl (C=O) groups excluding carboxylic acids is 1. The molecule has 1 amide bonds. The quantitative estimate of drug-likeness (QED) is 0.852. The molecule has 1 N–H and O–H groups in total.